The zero-order chi connectivity index (χ0) is 45.7. The van der Waals surface area contributed by atoms with Gasteiger partial charge in [-0.25, -0.2) is 0 Å². The van der Waals surface area contributed by atoms with E-state index in [1.165, 1.54) is 0 Å². The molecular formula is C56H62N4O4. The van der Waals surface area contributed by atoms with Crippen LogP contribution in [0.2, 0.25) is 0 Å². The Balaban J connectivity index is 1.19. The quantitative estimate of drug-likeness (QED) is 0.0449. The molecular weight excluding hydrogens is 793 g/mol. The molecule has 0 saturated heterocycles. The molecule has 0 atom stereocenters. The molecule has 4 aromatic heterocycles. The number of carbonyl (C=O) groups excluding carboxylic acids is 4. The van der Waals surface area contributed by atoms with E-state index in [1.54, 1.807) is 0 Å². The van der Waals surface area contributed by atoms with Crippen molar-refractivity contribution in [3.8, 4) is 45.0 Å². The lowest BCUT2D eigenvalue weighted by molar-refractivity contribution is 0.0872. The van der Waals surface area contributed by atoms with Crippen molar-refractivity contribution in [1.29, 1.82) is 0 Å². The summed E-state index contributed by atoms with van der Waals surface area (Å²) in [7, 11) is 0. The largest absolute Gasteiger partial charge is 0.352 e. The van der Waals surface area contributed by atoms with E-state index in [9.17, 15) is 19.2 Å². The molecule has 4 heterocycles. The Kier molecular flexibility index (Phi) is 14.1. The number of benzene rings is 3. The van der Waals surface area contributed by atoms with Crippen molar-refractivity contribution < 1.29 is 19.2 Å². The van der Waals surface area contributed by atoms with Crippen LogP contribution in [0.1, 0.15) is 155 Å². The van der Waals surface area contributed by atoms with E-state index < -0.39 is 0 Å². The van der Waals surface area contributed by atoms with E-state index in [0.717, 1.165) is 102 Å². The van der Waals surface area contributed by atoms with E-state index in [2.05, 4.69) is 67.5 Å². The van der Waals surface area contributed by atoms with Crippen molar-refractivity contribution in [1.82, 2.24) is 19.9 Å². The summed E-state index contributed by atoms with van der Waals surface area (Å²) in [6.45, 7) is 16.6. The number of nitrogens with one attached hydrogen (secondary N) is 4. The number of rotatable bonds is 20. The normalized spacial score (nSPS) is 11.4. The van der Waals surface area contributed by atoms with Crippen LogP contribution >= 0.6 is 0 Å². The summed E-state index contributed by atoms with van der Waals surface area (Å²) in [5, 5.41) is 0. The van der Waals surface area contributed by atoms with Gasteiger partial charge in [0.1, 0.15) is 0 Å². The molecule has 3 aromatic carbocycles. The molecule has 7 aromatic rings. The Bertz CT molecular complexity index is 2640. The van der Waals surface area contributed by atoms with Crippen molar-refractivity contribution in [2.24, 2.45) is 0 Å². The van der Waals surface area contributed by atoms with Crippen molar-refractivity contribution in [2.45, 2.75) is 120 Å². The second kappa shape index (κ2) is 19.9. The maximum Gasteiger partial charge on any atom is 0.187 e. The number of carbonyl (C=O) groups is 4. The minimum absolute atomic E-state index is 0.212. The first-order chi connectivity index (χ1) is 31.1. The summed E-state index contributed by atoms with van der Waals surface area (Å²) in [6.07, 6.45) is 5.06. The topological polar surface area (TPSA) is 131 Å². The van der Waals surface area contributed by atoms with Gasteiger partial charge in [0.2, 0.25) is 0 Å². The van der Waals surface area contributed by atoms with Crippen molar-refractivity contribution >= 4 is 23.1 Å². The lowest BCUT2D eigenvalue weighted by atomic mass is 9.95. The van der Waals surface area contributed by atoms with Gasteiger partial charge in [-0.3, -0.25) is 19.2 Å². The van der Waals surface area contributed by atoms with Crippen LogP contribution in [0.25, 0.3) is 45.0 Å². The average Bonchev–Trinajstić information content (AvgIpc) is 4.11. The van der Waals surface area contributed by atoms with E-state index in [-0.39, 0.29) is 36.0 Å². The van der Waals surface area contributed by atoms with Gasteiger partial charge < -0.3 is 19.9 Å². The maximum atomic E-state index is 14.2. The highest BCUT2D eigenvalue weighted by Gasteiger charge is 2.29. The van der Waals surface area contributed by atoms with Crippen LogP contribution in [0.4, 0.5) is 0 Å². The molecule has 8 heteroatoms. The Morgan fingerprint density at radius 3 is 0.797 bits per heavy atom. The number of ketones is 4. The molecule has 0 aliphatic carbocycles. The first-order valence-electron chi connectivity index (χ1n) is 23.4. The number of H-pyrrole nitrogens is 4. The minimum Gasteiger partial charge on any atom is -0.352 e. The fourth-order valence-electron chi connectivity index (χ4n) is 10.1. The van der Waals surface area contributed by atoms with Gasteiger partial charge >= 0.3 is 0 Å². The molecule has 0 amide bonds. The third-order valence-electron chi connectivity index (χ3n) is 13.0. The number of aromatic amines is 4. The van der Waals surface area contributed by atoms with Crippen LogP contribution in [-0.2, 0) is 51.4 Å². The van der Waals surface area contributed by atoms with E-state index >= 15 is 0 Å². The van der Waals surface area contributed by atoms with Gasteiger partial charge in [-0.1, -0.05) is 134 Å². The molecule has 0 unspecified atom stereocenters. The van der Waals surface area contributed by atoms with Crippen LogP contribution in [0.15, 0.2) is 84.9 Å². The number of hydrogen-bond donors (Lipinski definition) is 4. The summed E-state index contributed by atoms with van der Waals surface area (Å²) in [5.74, 6) is -0.886. The van der Waals surface area contributed by atoms with Gasteiger partial charge in [-0.05, 0) is 124 Å². The predicted octanol–water partition coefficient (Wildman–Crippen LogP) is 13.1. The van der Waals surface area contributed by atoms with Crippen LogP contribution in [0, 0.1) is 0 Å². The highest BCUT2D eigenvalue weighted by atomic mass is 16.2. The summed E-state index contributed by atoms with van der Waals surface area (Å²) >= 11 is 0. The molecule has 8 nitrogen and oxygen atoms in total. The van der Waals surface area contributed by atoms with Crippen molar-refractivity contribution in [3.05, 3.63) is 152 Å². The molecule has 0 aliphatic rings. The molecule has 0 spiro atoms. The van der Waals surface area contributed by atoms with E-state index in [1.807, 2.05) is 92.7 Å². The van der Waals surface area contributed by atoms with Crippen LogP contribution in [-0.4, -0.2) is 43.1 Å². The second-order valence-electron chi connectivity index (χ2n) is 16.5. The standard InChI is InChI=1S/C56H62N4O4/c1-9-37-41(13-5)53(57-49(37)33-24-19-17-20-25-33)45(61)31-47(63)55-43(15-7)39(11-3)51(59-55)35-28-23-29-36(30-35)52-40(12-4)44(16-8)56(60-52)48(64)32-46(62)54-42(14-6)38(10-2)50(58-54)34-26-21-18-22-27-34/h17-30,57-60H,9-16,31-32H2,1-8H3. The lowest BCUT2D eigenvalue weighted by Gasteiger charge is -2.08. The third kappa shape index (κ3) is 8.46. The Hall–Kier alpha value is -6.54. The van der Waals surface area contributed by atoms with Gasteiger partial charge in [0.25, 0.3) is 0 Å². The van der Waals surface area contributed by atoms with Gasteiger partial charge in [0, 0.05) is 22.8 Å². The molecule has 0 fully saturated rings. The number of aromatic nitrogens is 4. The van der Waals surface area contributed by atoms with Crippen LogP contribution < -0.4 is 0 Å². The second-order valence-corrected chi connectivity index (χ2v) is 16.5. The summed E-state index contributed by atoms with van der Waals surface area (Å²) in [5.41, 5.74) is 17.6. The summed E-state index contributed by atoms with van der Waals surface area (Å²) in [4.78, 5) is 70.4. The van der Waals surface area contributed by atoms with Gasteiger partial charge in [-0.2, -0.15) is 0 Å². The summed E-state index contributed by atoms with van der Waals surface area (Å²) in [6, 6.07) is 28.2. The fourth-order valence-corrected chi connectivity index (χ4v) is 10.1. The molecule has 330 valence electrons. The molecule has 4 N–H and O–H groups in total. The first kappa shape index (κ1) is 45.5. The molecule has 0 aliphatic heterocycles. The van der Waals surface area contributed by atoms with Crippen molar-refractivity contribution in [2.75, 3.05) is 0 Å². The fraction of sp³-hybridized carbons (Fsp3) is 0.321. The van der Waals surface area contributed by atoms with Crippen LogP contribution in [0.5, 0.6) is 0 Å². The number of hydrogen-bond acceptors (Lipinski definition) is 4. The molecule has 7 rings (SSSR count). The monoisotopic (exact) mass is 854 g/mol. The molecule has 0 radical (unpaired) electrons. The zero-order valence-electron chi connectivity index (χ0n) is 38.8. The zero-order valence-corrected chi connectivity index (χ0v) is 38.8. The van der Waals surface area contributed by atoms with E-state index in [4.69, 9.17) is 0 Å². The predicted molar refractivity (Wildman–Crippen MR) is 260 cm³/mol. The third-order valence-corrected chi connectivity index (χ3v) is 13.0. The highest BCUT2D eigenvalue weighted by Crippen LogP contribution is 2.37. The lowest BCUT2D eigenvalue weighted by Crippen LogP contribution is -2.13. The van der Waals surface area contributed by atoms with Gasteiger partial charge in [0.05, 0.1) is 35.6 Å². The Labute approximate surface area is 377 Å². The van der Waals surface area contributed by atoms with Crippen LogP contribution in [0.3, 0.4) is 0 Å². The van der Waals surface area contributed by atoms with Gasteiger partial charge in [0.15, 0.2) is 23.1 Å². The molecule has 0 bridgehead atoms. The highest BCUT2D eigenvalue weighted by molar-refractivity contribution is 6.15. The Morgan fingerprint density at radius 2 is 0.547 bits per heavy atom. The first-order valence-corrected chi connectivity index (χ1v) is 23.4. The number of Topliss-reactive ketones (excluding diaryl/α,β-unsaturated/α-hetero) is 4. The Morgan fingerprint density at radius 1 is 0.312 bits per heavy atom. The molecule has 0 saturated carbocycles. The summed E-state index contributed by atoms with van der Waals surface area (Å²) < 4.78 is 0. The minimum atomic E-state index is -0.250. The van der Waals surface area contributed by atoms with Gasteiger partial charge in [-0.15, -0.1) is 0 Å². The maximum absolute atomic E-state index is 14.2. The molecule has 64 heavy (non-hydrogen) atoms. The van der Waals surface area contributed by atoms with E-state index in [0.29, 0.717) is 61.3 Å². The van der Waals surface area contributed by atoms with Crippen molar-refractivity contribution in [3.63, 3.8) is 0 Å². The smallest absolute Gasteiger partial charge is 0.187 e. The SMILES string of the molecule is CCc1c(C(=O)CC(=O)c2[nH]c(-c3cccc(-c4[nH]c(C(=O)CC(=O)c5[nH]c(-c6ccccc6)c(CC)c5CC)c(CC)c4CC)c3)c(CC)c2CC)[nH]c(-c2ccccc2)c1CC. The average molecular weight is 855 g/mol.